The summed E-state index contributed by atoms with van der Waals surface area (Å²) in [5.74, 6) is 0. The highest BCUT2D eigenvalue weighted by Gasteiger charge is 2.18. The molecule has 3 nitrogen and oxygen atoms in total. The minimum absolute atomic E-state index is 0.0794. The van der Waals surface area contributed by atoms with Crippen molar-refractivity contribution in [3.8, 4) is 0 Å². The molecule has 0 aliphatic carbocycles. The predicted octanol–water partition coefficient (Wildman–Crippen LogP) is 5.69. The Morgan fingerprint density at radius 2 is 1.95 bits per heavy atom. The van der Waals surface area contributed by atoms with E-state index < -0.39 is 0 Å². The third kappa shape index (κ3) is 3.59. The molecule has 1 atom stereocenters. The number of nitro benzene ring substituents is 1. The van der Waals surface area contributed by atoms with E-state index in [-0.39, 0.29) is 15.4 Å². The first-order valence-electron chi connectivity index (χ1n) is 5.80. The second-order valence-corrected chi connectivity index (χ2v) is 6.65. The van der Waals surface area contributed by atoms with Gasteiger partial charge in [-0.1, -0.05) is 67.7 Å². The number of hydrogen-bond acceptors (Lipinski definition) is 2. The molecule has 0 heterocycles. The van der Waals surface area contributed by atoms with Crippen molar-refractivity contribution in [3.05, 3.63) is 73.2 Å². The van der Waals surface area contributed by atoms with E-state index in [4.69, 9.17) is 11.6 Å². The van der Waals surface area contributed by atoms with Crippen LogP contribution in [0.2, 0.25) is 5.02 Å². The molecule has 1 unspecified atom stereocenters. The molecule has 0 fully saturated rings. The second-order valence-electron chi connectivity index (χ2n) is 4.22. The molecule has 6 heteroatoms. The third-order valence-corrected chi connectivity index (χ3v) is 4.52. The van der Waals surface area contributed by atoms with Gasteiger partial charge in [-0.15, -0.1) is 0 Å². The zero-order chi connectivity index (χ0) is 14.7. The SMILES string of the molecule is O=[N+]([O-])c1ccccc1CC(Br)c1ccc(Br)cc1Cl. The van der Waals surface area contributed by atoms with Gasteiger partial charge in [0.25, 0.3) is 5.69 Å². The maximum atomic E-state index is 11.0. The van der Waals surface area contributed by atoms with Crippen molar-refractivity contribution in [2.24, 2.45) is 0 Å². The molecule has 0 aliphatic rings. The number of rotatable bonds is 4. The summed E-state index contributed by atoms with van der Waals surface area (Å²) >= 11 is 13.1. The predicted molar refractivity (Wildman–Crippen MR) is 87.6 cm³/mol. The van der Waals surface area contributed by atoms with Crippen LogP contribution in [0.5, 0.6) is 0 Å². The highest BCUT2D eigenvalue weighted by molar-refractivity contribution is 9.10. The fourth-order valence-corrected chi connectivity index (χ4v) is 3.61. The zero-order valence-corrected chi connectivity index (χ0v) is 14.2. The van der Waals surface area contributed by atoms with Gasteiger partial charge >= 0.3 is 0 Å². The molecule has 0 amide bonds. The molecule has 0 aromatic heterocycles. The Morgan fingerprint density at radius 1 is 1.25 bits per heavy atom. The average molecular weight is 420 g/mol. The van der Waals surface area contributed by atoms with E-state index in [0.717, 1.165) is 10.0 Å². The van der Waals surface area contributed by atoms with Crippen molar-refractivity contribution in [3.63, 3.8) is 0 Å². The normalized spacial score (nSPS) is 12.2. The first-order chi connectivity index (χ1) is 9.49. The number of benzene rings is 2. The van der Waals surface area contributed by atoms with E-state index in [2.05, 4.69) is 31.9 Å². The molecule has 0 N–H and O–H groups in total. The fraction of sp³-hybridized carbons (Fsp3) is 0.143. The standard InChI is InChI=1S/C14H10Br2ClNO2/c15-10-5-6-11(13(17)8-10)12(16)7-9-3-1-2-4-14(9)18(19)20/h1-6,8,12H,7H2. The molecule has 2 aromatic rings. The smallest absolute Gasteiger partial charge is 0.258 e. The lowest BCUT2D eigenvalue weighted by molar-refractivity contribution is -0.385. The van der Waals surface area contributed by atoms with E-state index >= 15 is 0 Å². The van der Waals surface area contributed by atoms with E-state index in [1.807, 2.05) is 18.2 Å². The van der Waals surface area contributed by atoms with E-state index in [9.17, 15) is 10.1 Å². The lowest BCUT2D eigenvalue weighted by Crippen LogP contribution is -2.00. The molecule has 2 aromatic carbocycles. The Hall–Kier alpha value is -0.910. The molecule has 0 spiro atoms. The number of nitro groups is 1. The van der Waals surface area contributed by atoms with Crippen LogP contribution in [-0.2, 0) is 6.42 Å². The summed E-state index contributed by atoms with van der Waals surface area (Å²) in [4.78, 5) is 10.6. The third-order valence-electron chi connectivity index (χ3n) is 2.89. The van der Waals surface area contributed by atoms with Gasteiger partial charge in [0.2, 0.25) is 0 Å². The monoisotopic (exact) mass is 417 g/mol. The summed E-state index contributed by atoms with van der Waals surface area (Å²) < 4.78 is 0.900. The molecular weight excluding hydrogens is 409 g/mol. The molecule has 0 saturated heterocycles. The van der Waals surface area contributed by atoms with Crippen molar-refractivity contribution < 1.29 is 4.92 Å². The van der Waals surface area contributed by atoms with Crippen molar-refractivity contribution in [1.29, 1.82) is 0 Å². The largest absolute Gasteiger partial charge is 0.272 e. The van der Waals surface area contributed by atoms with Gasteiger partial charge in [-0.05, 0) is 24.1 Å². The van der Waals surface area contributed by atoms with Crippen LogP contribution in [0, 0.1) is 10.1 Å². The molecule has 104 valence electrons. The molecule has 2 rings (SSSR count). The van der Waals surface area contributed by atoms with Crippen molar-refractivity contribution in [2.75, 3.05) is 0 Å². The zero-order valence-electron chi connectivity index (χ0n) is 10.2. The number of para-hydroxylation sites is 1. The van der Waals surface area contributed by atoms with Crippen molar-refractivity contribution in [2.45, 2.75) is 11.2 Å². The highest BCUT2D eigenvalue weighted by Crippen LogP contribution is 2.35. The molecule has 0 saturated carbocycles. The summed E-state index contributed by atoms with van der Waals surface area (Å²) in [6.07, 6.45) is 0.499. The van der Waals surface area contributed by atoms with Crippen LogP contribution >= 0.6 is 43.5 Å². The Bertz CT molecular complexity index is 649. The molecular formula is C14H10Br2ClNO2. The quantitative estimate of drug-likeness (QED) is 0.363. The second kappa shape index (κ2) is 6.70. The van der Waals surface area contributed by atoms with Gasteiger partial charge in [-0.2, -0.15) is 0 Å². The van der Waals surface area contributed by atoms with Gasteiger partial charge in [0, 0.05) is 26.0 Å². The topological polar surface area (TPSA) is 43.1 Å². The summed E-state index contributed by atoms with van der Waals surface area (Å²) in [5, 5.41) is 11.6. The lowest BCUT2D eigenvalue weighted by atomic mass is 10.0. The Kier molecular flexibility index (Phi) is 5.18. The first-order valence-corrected chi connectivity index (χ1v) is 7.89. The van der Waals surface area contributed by atoms with Crippen LogP contribution in [0.3, 0.4) is 0 Å². The van der Waals surface area contributed by atoms with E-state index in [0.29, 0.717) is 17.0 Å². The number of nitrogens with zero attached hydrogens (tertiary/aromatic N) is 1. The van der Waals surface area contributed by atoms with Gasteiger partial charge < -0.3 is 0 Å². The summed E-state index contributed by atoms with van der Waals surface area (Å²) in [5.41, 5.74) is 1.72. The summed E-state index contributed by atoms with van der Waals surface area (Å²) in [6, 6.07) is 12.3. The molecule has 20 heavy (non-hydrogen) atoms. The minimum Gasteiger partial charge on any atom is -0.258 e. The molecule has 0 bridgehead atoms. The maximum Gasteiger partial charge on any atom is 0.272 e. The van der Waals surface area contributed by atoms with Crippen LogP contribution in [0.25, 0.3) is 0 Å². The van der Waals surface area contributed by atoms with Crippen molar-refractivity contribution in [1.82, 2.24) is 0 Å². The van der Waals surface area contributed by atoms with Gasteiger partial charge in [0.05, 0.1) is 4.92 Å². The maximum absolute atomic E-state index is 11.0. The molecule has 0 radical (unpaired) electrons. The average Bonchev–Trinajstić information content (AvgIpc) is 2.38. The lowest BCUT2D eigenvalue weighted by Gasteiger charge is -2.12. The van der Waals surface area contributed by atoms with Gasteiger partial charge in [0.15, 0.2) is 0 Å². The van der Waals surface area contributed by atoms with Gasteiger partial charge in [-0.3, -0.25) is 10.1 Å². The Labute approximate surface area is 138 Å². The molecule has 0 aliphatic heterocycles. The van der Waals surface area contributed by atoms with Crippen LogP contribution in [0.15, 0.2) is 46.9 Å². The number of hydrogen-bond donors (Lipinski definition) is 0. The minimum atomic E-state index is -0.363. The van der Waals surface area contributed by atoms with Crippen LogP contribution in [-0.4, -0.2) is 4.92 Å². The fourth-order valence-electron chi connectivity index (χ4n) is 1.92. The van der Waals surface area contributed by atoms with Gasteiger partial charge in [-0.25, -0.2) is 0 Å². The van der Waals surface area contributed by atoms with E-state index in [1.54, 1.807) is 18.2 Å². The number of alkyl halides is 1. The van der Waals surface area contributed by atoms with Crippen LogP contribution < -0.4 is 0 Å². The van der Waals surface area contributed by atoms with Crippen molar-refractivity contribution >= 4 is 49.1 Å². The van der Waals surface area contributed by atoms with E-state index in [1.165, 1.54) is 6.07 Å². The number of halogens is 3. The van der Waals surface area contributed by atoms with Gasteiger partial charge in [0.1, 0.15) is 0 Å². The van der Waals surface area contributed by atoms with Crippen LogP contribution in [0.4, 0.5) is 5.69 Å². The Balaban J connectivity index is 2.28. The summed E-state index contributed by atoms with van der Waals surface area (Å²) in [6.45, 7) is 0. The van der Waals surface area contributed by atoms with Crippen LogP contribution in [0.1, 0.15) is 16.0 Å². The highest BCUT2D eigenvalue weighted by atomic mass is 79.9. The Morgan fingerprint density at radius 3 is 2.60 bits per heavy atom. The first kappa shape index (κ1) is 15.5. The summed E-state index contributed by atoms with van der Waals surface area (Å²) in [7, 11) is 0.